The summed E-state index contributed by atoms with van der Waals surface area (Å²) in [5, 5.41) is 0. The maximum Gasteiger partial charge on any atom is 0.374 e. The molecule has 0 aliphatic rings. The van der Waals surface area contributed by atoms with Crippen molar-refractivity contribution in [1.29, 1.82) is 0 Å². The molecular formula is C12H14O4. The van der Waals surface area contributed by atoms with E-state index in [1.54, 1.807) is 0 Å². The monoisotopic (exact) mass is 222 g/mol. The number of hydrogen-bond acceptors (Lipinski definition) is 4. The smallest absolute Gasteiger partial charge is 0.374 e. The Morgan fingerprint density at radius 2 is 1.88 bits per heavy atom. The highest BCUT2D eigenvalue weighted by atomic mass is 16.5. The van der Waals surface area contributed by atoms with Crippen molar-refractivity contribution in [2.24, 2.45) is 0 Å². The van der Waals surface area contributed by atoms with Crippen LogP contribution in [0.5, 0.6) is 5.75 Å². The quantitative estimate of drug-likeness (QED) is 0.416. The molecule has 0 unspecified atom stereocenters. The average Bonchev–Trinajstić information content (AvgIpc) is 2.34. The van der Waals surface area contributed by atoms with Crippen molar-refractivity contribution in [3.63, 3.8) is 0 Å². The van der Waals surface area contributed by atoms with E-state index < -0.39 is 11.8 Å². The summed E-state index contributed by atoms with van der Waals surface area (Å²) >= 11 is 0. The molecule has 16 heavy (non-hydrogen) atoms. The Kier molecular flexibility index (Phi) is 5.05. The summed E-state index contributed by atoms with van der Waals surface area (Å²) in [5.74, 6) is -0.549. The van der Waals surface area contributed by atoms with Crippen LogP contribution in [0.4, 0.5) is 0 Å². The van der Waals surface area contributed by atoms with Crippen molar-refractivity contribution >= 4 is 11.8 Å². The van der Waals surface area contributed by atoms with E-state index >= 15 is 0 Å². The maximum absolute atomic E-state index is 11.1. The van der Waals surface area contributed by atoms with Gasteiger partial charge in [-0.05, 0) is 18.6 Å². The number of benzene rings is 1. The van der Waals surface area contributed by atoms with Crippen LogP contribution in [-0.4, -0.2) is 25.5 Å². The molecule has 0 saturated heterocycles. The van der Waals surface area contributed by atoms with Crippen LogP contribution >= 0.6 is 0 Å². The Morgan fingerprint density at radius 3 is 2.50 bits per heavy atom. The van der Waals surface area contributed by atoms with Crippen molar-refractivity contribution < 1.29 is 19.1 Å². The fourth-order valence-corrected chi connectivity index (χ4v) is 1.16. The fourth-order valence-electron chi connectivity index (χ4n) is 1.16. The van der Waals surface area contributed by atoms with E-state index in [0.717, 1.165) is 5.75 Å². The molecule has 0 heterocycles. The SMILES string of the molecule is COC(=O)C(=O)CCCOc1ccccc1. The Bertz CT molecular complexity index is 345. The Balaban J connectivity index is 2.17. The zero-order chi connectivity index (χ0) is 11.8. The van der Waals surface area contributed by atoms with Crippen LogP contribution < -0.4 is 4.74 Å². The highest BCUT2D eigenvalue weighted by Gasteiger charge is 2.12. The number of rotatable bonds is 6. The number of methoxy groups -OCH3 is 1. The van der Waals surface area contributed by atoms with Crippen molar-refractivity contribution in [2.45, 2.75) is 12.8 Å². The van der Waals surface area contributed by atoms with Crippen molar-refractivity contribution in [3.8, 4) is 5.75 Å². The predicted molar refractivity (Wildman–Crippen MR) is 58.2 cm³/mol. The first kappa shape index (κ1) is 12.2. The number of Topliss-reactive ketones (excluding diaryl/α,β-unsaturated/α-hetero) is 1. The average molecular weight is 222 g/mol. The summed E-state index contributed by atoms with van der Waals surface area (Å²) in [6.07, 6.45) is 0.655. The van der Waals surface area contributed by atoms with Crippen LogP contribution in [0.1, 0.15) is 12.8 Å². The maximum atomic E-state index is 11.1. The summed E-state index contributed by atoms with van der Waals surface area (Å²) in [5.41, 5.74) is 0. The summed E-state index contributed by atoms with van der Waals surface area (Å²) in [6, 6.07) is 9.31. The van der Waals surface area contributed by atoms with Gasteiger partial charge in [-0.15, -0.1) is 0 Å². The number of para-hydroxylation sites is 1. The largest absolute Gasteiger partial charge is 0.494 e. The molecule has 0 amide bonds. The van der Waals surface area contributed by atoms with Gasteiger partial charge in [0.05, 0.1) is 13.7 Å². The van der Waals surface area contributed by atoms with Gasteiger partial charge < -0.3 is 9.47 Å². The highest BCUT2D eigenvalue weighted by Crippen LogP contribution is 2.08. The first-order chi connectivity index (χ1) is 7.74. The van der Waals surface area contributed by atoms with Crippen molar-refractivity contribution in [3.05, 3.63) is 30.3 Å². The van der Waals surface area contributed by atoms with Gasteiger partial charge in [0, 0.05) is 6.42 Å². The lowest BCUT2D eigenvalue weighted by Crippen LogP contribution is -2.16. The molecule has 0 radical (unpaired) electrons. The van der Waals surface area contributed by atoms with E-state index in [1.807, 2.05) is 30.3 Å². The van der Waals surface area contributed by atoms with Gasteiger partial charge >= 0.3 is 5.97 Å². The molecule has 0 aromatic heterocycles. The number of ketones is 1. The zero-order valence-corrected chi connectivity index (χ0v) is 9.14. The van der Waals surface area contributed by atoms with Gasteiger partial charge in [0.2, 0.25) is 5.78 Å². The lowest BCUT2D eigenvalue weighted by atomic mass is 10.2. The van der Waals surface area contributed by atoms with Crippen LogP contribution in [0.2, 0.25) is 0 Å². The second kappa shape index (κ2) is 6.61. The first-order valence-corrected chi connectivity index (χ1v) is 5.03. The van der Waals surface area contributed by atoms with Crippen LogP contribution in [0.25, 0.3) is 0 Å². The van der Waals surface area contributed by atoms with Gasteiger partial charge in [-0.2, -0.15) is 0 Å². The minimum absolute atomic E-state index is 0.152. The minimum atomic E-state index is -0.792. The van der Waals surface area contributed by atoms with Crippen molar-refractivity contribution in [2.75, 3.05) is 13.7 Å². The molecule has 0 aliphatic heterocycles. The van der Waals surface area contributed by atoms with Gasteiger partial charge in [0.15, 0.2) is 0 Å². The third-order valence-electron chi connectivity index (χ3n) is 1.97. The van der Waals surface area contributed by atoms with Gasteiger partial charge in [0.1, 0.15) is 5.75 Å². The summed E-state index contributed by atoms with van der Waals surface area (Å²) in [7, 11) is 1.20. The lowest BCUT2D eigenvalue weighted by Gasteiger charge is -2.04. The van der Waals surface area contributed by atoms with Crippen molar-refractivity contribution in [1.82, 2.24) is 0 Å². The first-order valence-electron chi connectivity index (χ1n) is 5.03. The number of ether oxygens (including phenoxy) is 2. The molecule has 86 valence electrons. The lowest BCUT2D eigenvalue weighted by molar-refractivity contribution is -0.151. The Hall–Kier alpha value is -1.84. The van der Waals surface area contributed by atoms with Gasteiger partial charge in [-0.3, -0.25) is 4.79 Å². The van der Waals surface area contributed by atoms with E-state index in [-0.39, 0.29) is 6.42 Å². The second-order valence-corrected chi connectivity index (χ2v) is 3.18. The van der Waals surface area contributed by atoms with E-state index in [0.29, 0.717) is 13.0 Å². The molecule has 0 N–H and O–H groups in total. The van der Waals surface area contributed by atoms with E-state index in [4.69, 9.17) is 4.74 Å². The van der Waals surface area contributed by atoms with E-state index in [2.05, 4.69) is 4.74 Å². The molecule has 1 aromatic carbocycles. The topological polar surface area (TPSA) is 52.6 Å². The minimum Gasteiger partial charge on any atom is -0.494 e. The molecule has 4 heteroatoms. The predicted octanol–water partition coefficient (Wildman–Crippen LogP) is 1.59. The molecule has 4 nitrogen and oxygen atoms in total. The molecule has 0 fully saturated rings. The Morgan fingerprint density at radius 1 is 1.19 bits per heavy atom. The zero-order valence-electron chi connectivity index (χ0n) is 9.14. The molecule has 0 bridgehead atoms. The van der Waals surface area contributed by atoms with Crippen LogP contribution in [-0.2, 0) is 14.3 Å². The summed E-state index contributed by atoms with van der Waals surface area (Å²) < 4.78 is 9.66. The fraction of sp³-hybridized carbons (Fsp3) is 0.333. The van der Waals surface area contributed by atoms with E-state index in [9.17, 15) is 9.59 Å². The number of hydrogen-bond donors (Lipinski definition) is 0. The molecule has 1 aromatic rings. The highest BCUT2D eigenvalue weighted by molar-refractivity contribution is 6.33. The molecule has 0 aliphatic carbocycles. The number of carbonyl (C=O) groups is 2. The second-order valence-electron chi connectivity index (χ2n) is 3.18. The third kappa shape index (κ3) is 4.13. The molecule has 0 spiro atoms. The van der Waals surface area contributed by atoms with Gasteiger partial charge in [0.25, 0.3) is 0 Å². The molecule has 1 rings (SSSR count). The normalized spacial score (nSPS) is 9.56. The number of esters is 1. The van der Waals surface area contributed by atoms with Crippen LogP contribution in [0.3, 0.4) is 0 Å². The standard InChI is InChI=1S/C12H14O4/c1-15-12(14)11(13)8-5-9-16-10-6-3-2-4-7-10/h2-4,6-7H,5,8-9H2,1H3. The van der Waals surface area contributed by atoms with Crippen LogP contribution in [0.15, 0.2) is 30.3 Å². The molecule has 0 saturated carbocycles. The Labute approximate surface area is 94.2 Å². The third-order valence-corrected chi connectivity index (χ3v) is 1.97. The van der Waals surface area contributed by atoms with Crippen LogP contribution in [0, 0.1) is 0 Å². The summed E-state index contributed by atoms with van der Waals surface area (Å²) in [4.78, 5) is 21.8. The molecule has 0 atom stereocenters. The van der Waals surface area contributed by atoms with Gasteiger partial charge in [-0.25, -0.2) is 4.79 Å². The van der Waals surface area contributed by atoms with Gasteiger partial charge in [-0.1, -0.05) is 18.2 Å². The summed E-state index contributed by atoms with van der Waals surface area (Å²) in [6.45, 7) is 0.409. The number of carbonyl (C=O) groups excluding carboxylic acids is 2. The van der Waals surface area contributed by atoms with E-state index in [1.165, 1.54) is 7.11 Å². The molecular weight excluding hydrogens is 208 g/mol.